The van der Waals surface area contributed by atoms with Gasteiger partial charge in [-0.15, -0.1) is 0 Å². The summed E-state index contributed by atoms with van der Waals surface area (Å²) in [6, 6.07) is 5.48. The number of aromatic amines is 1. The van der Waals surface area contributed by atoms with Crippen LogP contribution in [0, 0.1) is 0 Å². The minimum Gasteiger partial charge on any atom is -0.347 e. The molecule has 3 aromatic rings. The van der Waals surface area contributed by atoms with Crippen molar-refractivity contribution in [3.05, 3.63) is 46.5 Å². The first-order valence-corrected chi connectivity index (χ1v) is 7.15. The Balaban J connectivity index is 2.10. The number of rotatable bonds is 3. The van der Waals surface area contributed by atoms with Gasteiger partial charge >= 0.3 is 0 Å². The molecule has 5 nitrogen and oxygen atoms in total. The maximum Gasteiger partial charge on any atom is 0.293 e. The Kier molecular flexibility index (Phi) is 3.69. The minimum atomic E-state index is 0.514. The van der Waals surface area contributed by atoms with Gasteiger partial charge in [0.05, 0.1) is 6.54 Å². The van der Waals surface area contributed by atoms with Crippen LogP contribution in [0.1, 0.15) is 5.56 Å². The van der Waals surface area contributed by atoms with Crippen molar-refractivity contribution < 1.29 is 4.57 Å². The molecular weight excluding hydrogens is 309 g/mol. The molecule has 3 rings (SSSR count). The number of anilines is 1. The molecule has 0 unspecified atom stereocenters. The maximum atomic E-state index is 6.23. The summed E-state index contributed by atoms with van der Waals surface area (Å²) in [5, 5.41) is 1.27. The highest BCUT2D eigenvalue weighted by Crippen LogP contribution is 2.24. The van der Waals surface area contributed by atoms with E-state index in [-0.39, 0.29) is 0 Å². The Morgan fingerprint density at radius 3 is 2.57 bits per heavy atom. The predicted octanol–water partition coefficient (Wildman–Crippen LogP) is 2.67. The molecule has 1 N–H and O–H groups in total. The zero-order chi connectivity index (χ0) is 15.0. The molecule has 0 atom stereocenters. The number of aromatic nitrogens is 4. The molecule has 0 amide bonds. The van der Waals surface area contributed by atoms with Gasteiger partial charge in [-0.2, -0.15) is 0 Å². The van der Waals surface area contributed by atoms with Crippen molar-refractivity contribution in [2.45, 2.75) is 6.54 Å². The highest BCUT2D eigenvalue weighted by atomic mass is 35.5. The smallest absolute Gasteiger partial charge is 0.293 e. The molecule has 21 heavy (non-hydrogen) atoms. The van der Waals surface area contributed by atoms with E-state index in [4.69, 9.17) is 23.2 Å². The number of hydrogen-bond donors (Lipinski definition) is 1. The predicted molar refractivity (Wildman–Crippen MR) is 84.0 cm³/mol. The van der Waals surface area contributed by atoms with Crippen LogP contribution < -0.4 is 9.47 Å². The highest BCUT2D eigenvalue weighted by Gasteiger charge is 2.19. The van der Waals surface area contributed by atoms with Crippen molar-refractivity contribution >= 4 is 40.2 Å². The number of halogens is 2. The van der Waals surface area contributed by atoms with Crippen LogP contribution in [0.4, 0.5) is 5.82 Å². The molecule has 7 heteroatoms. The Morgan fingerprint density at radius 2 is 1.90 bits per heavy atom. The lowest BCUT2D eigenvalue weighted by Gasteiger charge is -2.10. The normalized spacial score (nSPS) is 11.0. The van der Waals surface area contributed by atoms with Crippen molar-refractivity contribution in [1.82, 2.24) is 15.0 Å². The zero-order valence-corrected chi connectivity index (χ0v) is 13.2. The molecule has 108 valence electrons. The summed E-state index contributed by atoms with van der Waals surface area (Å²) < 4.78 is 1.92. The number of imidazole rings is 1. The summed E-state index contributed by atoms with van der Waals surface area (Å²) >= 11 is 12.5. The molecule has 0 radical (unpaired) electrons. The van der Waals surface area contributed by atoms with Gasteiger partial charge in [-0.1, -0.05) is 39.2 Å². The molecule has 1 aromatic carbocycles. The second-order valence-corrected chi connectivity index (χ2v) is 5.71. The maximum absolute atomic E-state index is 6.23. The lowest BCUT2D eigenvalue weighted by Crippen LogP contribution is -2.36. The summed E-state index contributed by atoms with van der Waals surface area (Å²) in [6.45, 7) is 0.514. The summed E-state index contributed by atoms with van der Waals surface area (Å²) in [7, 11) is 3.88. The Bertz CT molecular complexity index is 777. The van der Waals surface area contributed by atoms with Crippen molar-refractivity contribution in [2.75, 3.05) is 19.0 Å². The van der Waals surface area contributed by atoms with Crippen LogP contribution in [0.25, 0.3) is 11.2 Å². The second kappa shape index (κ2) is 5.50. The summed E-state index contributed by atoms with van der Waals surface area (Å²) in [5.74, 6) is 0.837. The van der Waals surface area contributed by atoms with Gasteiger partial charge in [0.25, 0.3) is 5.65 Å². The highest BCUT2D eigenvalue weighted by molar-refractivity contribution is 6.35. The molecule has 0 aliphatic rings. The Morgan fingerprint density at radius 1 is 1.19 bits per heavy atom. The number of benzene rings is 1. The summed E-state index contributed by atoms with van der Waals surface area (Å²) in [5.41, 5.74) is 2.55. The fourth-order valence-electron chi connectivity index (χ4n) is 2.22. The number of H-pyrrole nitrogens is 1. The molecule has 2 heterocycles. The molecule has 0 aliphatic heterocycles. The first-order chi connectivity index (χ1) is 10.1. The molecule has 0 saturated heterocycles. The summed E-state index contributed by atoms with van der Waals surface area (Å²) in [6.07, 6.45) is 3.40. The number of nitrogens with zero attached hydrogens (tertiary/aromatic N) is 4. The number of nitrogens with one attached hydrogen (secondary N) is 1. The zero-order valence-electron chi connectivity index (χ0n) is 11.6. The van der Waals surface area contributed by atoms with E-state index >= 15 is 0 Å². The van der Waals surface area contributed by atoms with Gasteiger partial charge < -0.3 is 9.88 Å². The van der Waals surface area contributed by atoms with Crippen LogP contribution in [0.3, 0.4) is 0 Å². The molecule has 2 aromatic heterocycles. The van der Waals surface area contributed by atoms with Crippen molar-refractivity contribution in [2.24, 2.45) is 0 Å². The third kappa shape index (κ3) is 2.54. The third-order valence-electron chi connectivity index (χ3n) is 3.25. The topological polar surface area (TPSA) is 48.7 Å². The molecule has 0 saturated carbocycles. The monoisotopic (exact) mass is 322 g/mol. The van der Waals surface area contributed by atoms with Crippen LogP contribution in [-0.2, 0) is 6.54 Å². The minimum absolute atomic E-state index is 0.514. The van der Waals surface area contributed by atoms with Crippen LogP contribution >= 0.6 is 23.2 Å². The van der Waals surface area contributed by atoms with Crippen LogP contribution in [-0.4, -0.2) is 29.0 Å². The van der Waals surface area contributed by atoms with Crippen molar-refractivity contribution in [1.29, 1.82) is 0 Å². The van der Waals surface area contributed by atoms with Gasteiger partial charge in [0, 0.05) is 29.7 Å². The van der Waals surface area contributed by atoms with Crippen LogP contribution in [0.2, 0.25) is 10.0 Å². The van der Waals surface area contributed by atoms with Gasteiger partial charge in [-0.25, -0.2) is 4.57 Å². The van der Waals surface area contributed by atoms with E-state index in [2.05, 4.69) is 15.0 Å². The quantitative estimate of drug-likeness (QED) is 0.754. The number of hydrogen-bond acceptors (Lipinski definition) is 3. The van der Waals surface area contributed by atoms with Gasteiger partial charge in [-0.05, 0) is 12.1 Å². The summed E-state index contributed by atoms with van der Waals surface area (Å²) in [4.78, 5) is 13.9. The average molecular weight is 323 g/mol. The van der Waals surface area contributed by atoms with Gasteiger partial charge in [0.1, 0.15) is 0 Å². The van der Waals surface area contributed by atoms with Crippen LogP contribution in [0.5, 0.6) is 0 Å². The largest absolute Gasteiger partial charge is 0.347 e. The van der Waals surface area contributed by atoms with Gasteiger partial charge in [0.2, 0.25) is 12.1 Å². The standard InChI is InChI=1S/C14H13Cl2N5/c1-20(2)13-12-14(18-7-17-12)21(8-19-13)6-9-10(15)4-3-5-11(9)16/h3-5,7-8H,6H2,1-2H3/p+1. The van der Waals surface area contributed by atoms with E-state index in [0.717, 1.165) is 22.5 Å². The van der Waals surface area contributed by atoms with E-state index in [1.807, 2.05) is 41.8 Å². The van der Waals surface area contributed by atoms with Crippen LogP contribution in [0.15, 0.2) is 30.9 Å². The average Bonchev–Trinajstić information content (AvgIpc) is 2.92. The van der Waals surface area contributed by atoms with Gasteiger partial charge in [-0.3, -0.25) is 0 Å². The first kappa shape index (κ1) is 14.1. The van der Waals surface area contributed by atoms with E-state index in [1.54, 1.807) is 12.7 Å². The lowest BCUT2D eigenvalue weighted by molar-refractivity contribution is -0.667. The molecule has 0 bridgehead atoms. The molecule has 0 spiro atoms. The fraction of sp³-hybridized carbons (Fsp3) is 0.214. The number of fused-ring (bicyclic) bond motifs is 1. The van der Waals surface area contributed by atoms with Gasteiger partial charge in [0.15, 0.2) is 11.8 Å². The van der Waals surface area contributed by atoms with Crippen molar-refractivity contribution in [3.63, 3.8) is 0 Å². The molecule has 0 fully saturated rings. The fourth-order valence-corrected chi connectivity index (χ4v) is 2.74. The van der Waals surface area contributed by atoms with E-state index in [9.17, 15) is 0 Å². The third-order valence-corrected chi connectivity index (χ3v) is 3.96. The van der Waals surface area contributed by atoms with E-state index < -0.39 is 0 Å². The molecular formula is C14H14Cl2N5+. The molecule has 0 aliphatic carbocycles. The Labute approximate surface area is 132 Å². The lowest BCUT2D eigenvalue weighted by atomic mass is 10.2. The Hall–Kier alpha value is -1.85. The van der Waals surface area contributed by atoms with Crippen molar-refractivity contribution in [3.8, 4) is 0 Å². The SMILES string of the molecule is CN(C)c1nc[n+](Cc2c(Cl)cccc2Cl)c2nc[nH]c12. The first-order valence-electron chi connectivity index (χ1n) is 6.39. The second-order valence-electron chi connectivity index (χ2n) is 4.89. The van der Waals surface area contributed by atoms with E-state index in [1.165, 1.54) is 0 Å². The van der Waals surface area contributed by atoms with E-state index in [0.29, 0.717) is 16.6 Å².